The summed E-state index contributed by atoms with van der Waals surface area (Å²) in [5.74, 6) is 3.30. The second-order valence-corrected chi connectivity index (χ2v) is 2.38. The van der Waals surface area contributed by atoms with Crippen LogP contribution in [0, 0.1) is 18.3 Å². The summed E-state index contributed by atoms with van der Waals surface area (Å²) < 4.78 is 0. The Morgan fingerprint density at radius 2 is 2.44 bits per heavy atom. The first-order valence-corrected chi connectivity index (χ1v) is 3.35. The van der Waals surface area contributed by atoms with Gasteiger partial charge in [0, 0.05) is 6.42 Å². The molecule has 0 saturated heterocycles. The number of allylic oxidation sites excluding steroid dienone is 1. The van der Waals surface area contributed by atoms with Crippen molar-refractivity contribution in [2.24, 2.45) is 5.92 Å². The highest BCUT2D eigenvalue weighted by molar-refractivity contribution is 4.86. The van der Waals surface area contributed by atoms with Crippen LogP contribution in [0.15, 0.2) is 12.7 Å². The summed E-state index contributed by atoms with van der Waals surface area (Å²) in [5.41, 5.74) is 0. The Bertz CT molecular complexity index is 106. The highest BCUT2D eigenvalue weighted by Gasteiger charge is 1.95. The van der Waals surface area contributed by atoms with Crippen LogP contribution < -0.4 is 0 Å². The van der Waals surface area contributed by atoms with Gasteiger partial charge in [-0.2, -0.15) is 0 Å². The maximum absolute atomic E-state index is 5.13. The zero-order chi connectivity index (χ0) is 7.11. The Labute approximate surface area is 58.0 Å². The molecule has 0 aromatic rings. The van der Waals surface area contributed by atoms with Crippen molar-refractivity contribution in [2.45, 2.75) is 26.2 Å². The molecule has 0 aliphatic carbocycles. The molecule has 0 heterocycles. The first-order valence-electron chi connectivity index (χ1n) is 3.35. The van der Waals surface area contributed by atoms with Crippen molar-refractivity contribution < 1.29 is 0 Å². The van der Waals surface area contributed by atoms with Crippen LogP contribution in [0.3, 0.4) is 0 Å². The van der Waals surface area contributed by atoms with Gasteiger partial charge in [-0.25, -0.2) is 0 Å². The van der Waals surface area contributed by atoms with E-state index in [1.807, 2.05) is 6.08 Å². The van der Waals surface area contributed by atoms with Gasteiger partial charge in [0.1, 0.15) is 0 Å². The third-order valence-corrected chi connectivity index (χ3v) is 1.33. The van der Waals surface area contributed by atoms with Gasteiger partial charge in [0.2, 0.25) is 0 Å². The monoisotopic (exact) mass is 122 g/mol. The zero-order valence-corrected chi connectivity index (χ0v) is 6.06. The van der Waals surface area contributed by atoms with Gasteiger partial charge in [0.25, 0.3) is 0 Å². The first kappa shape index (κ1) is 8.30. The molecule has 0 fully saturated rings. The largest absolute Gasteiger partial charge is 0.120 e. The normalized spacial score (nSPS) is 12.0. The third kappa shape index (κ3) is 5.17. The molecule has 0 aromatic carbocycles. The molecule has 0 radical (unpaired) electrons. The quantitative estimate of drug-likeness (QED) is 0.397. The molecule has 0 aliphatic rings. The minimum Gasteiger partial charge on any atom is -0.120 e. The molecule has 50 valence electrons. The van der Waals surface area contributed by atoms with Crippen LogP contribution in [-0.2, 0) is 0 Å². The van der Waals surface area contributed by atoms with Gasteiger partial charge in [-0.1, -0.05) is 13.0 Å². The van der Waals surface area contributed by atoms with Crippen LogP contribution in [0.4, 0.5) is 0 Å². The van der Waals surface area contributed by atoms with E-state index >= 15 is 0 Å². The molecular weight excluding hydrogens is 108 g/mol. The molecule has 0 bridgehead atoms. The van der Waals surface area contributed by atoms with E-state index in [0.29, 0.717) is 5.92 Å². The van der Waals surface area contributed by atoms with Gasteiger partial charge in [-0.15, -0.1) is 18.9 Å². The van der Waals surface area contributed by atoms with Gasteiger partial charge in [0.15, 0.2) is 0 Å². The molecule has 0 heteroatoms. The first-order chi connectivity index (χ1) is 4.31. The molecule has 0 aromatic heterocycles. The summed E-state index contributed by atoms with van der Waals surface area (Å²) in [5, 5.41) is 0. The van der Waals surface area contributed by atoms with Crippen LogP contribution in [0.25, 0.3) is 0 Å². The van der Waals surface area contributed by atoms with Gasteiger partial charge < -0.3 is 0 Å². The molecule has 0 spiro atoms. The van der Waals surface area contributed by atoms with Crippen molar-refractivity contribution in [1.29, 1.82) is 0 Å². The Balaban J connectivity index is 3.17. The fraction of sp³-hybridized carbons (Fsp3) is 0.556. The standard InChI is InChI=1S/C9H14/c1-4-6-8-9(3)7-5-2/h2,4,9H,1,6-8H2,3H3/t9-/m0/s1. The Kier molecular flexibility index (Phi) is 5.01. The summed E-state index contributed by atoms with van der Waals surface area (Å²) >= 11 is 0. The average molecular weight is 122 g/mol. The molecule has 0 N–H and O–H groups in total. The molecule has 0 unspecified atom stereocenters. The SMILES string of the molecule is C#CC[C@H](C)CCC=C. The van der Waals surface area contributed by atoms with Crippen molar-refractivity contribution in [3.05, 3.63) is 12.7 Å². The van der Waals surface area contributed by atoms with Crippen LogP contribution in [0.5, 0.6) is 0 Å². The zero-order valence-electron chi connectivity index (χ0n) is 6.06. The van der Waals surface area contributed by atoms with Crippen LogP contribution in [0.1, 0.15) is 26.2 Å². The van der Waals surface area contributed by atoms with E-state index in [-0.39, 0.29) is 0 Å². The molecule has 9 heavy (non-hydrogen) atoms. The smallest absolute Gasteiger partial charge is 0.0112 e. The minimum absolute atomic E-state index is 0.660. The van der Waals surface area contributed by atoms with Gasteiger partial charge in [-0.05, 0) is 18.8 Å². The molecule has 1 atom stereocenters. The molecule has 0 nitrogen and oxygen atoms in total. The molecule has 0 aliphatic heterocycles. The molecule has 0 rings (SSSR count). The Morgan fingerprint density at radius 1 is 1.78 bits per heavy atom. The van der Waals surface area contributed by atoms with Crippen molar-refractivity contribution in [3.8, 4) is 12.3 Å². The lowest BCUT2D eigenvalue weighted by Crippen LogP contribution is -1.90. The second-order valence-electron chi connectivity index (χ2n) is 2.38. The number of hydrogen-bond donors (Lipinski definition) is 0. The van der Waals surface area contributed by atoms with E-state index < -0.39 is 0 Å². The van der Waals surface area contributed by atoms with Crippen LogP contribution in [0.2, 0.25) is 0 Å². The lowest BCUT2D eigenvalue weighted by atomic mass is 10.0. The third-order valence-electron chi connectivity index (χ3n) is 1.33. The molecule has 0 amide bonds. The summed E-state index contributed by atoms with van der Waals surface area (Å²) in [6.45, 7) is 5.81. The Morgan fingerprint density at radius 3 is 2.89 bits per heavy atom. The van der Waals surface area contributed by atoms with Crippen molar-refractivity contribution in [3.63, 3.8) is 0 Å². The van der Waals surface area contributed by atoms with E-state index in [1.54, 1.807) is 0 Å². The number of hydrogen-bond acceptors (Lipinski definition) is 0. The summed E-state index contributed by atoms with van der Waals surface area (Å²) in [4.78, 5) is 0. The van der Waals surface area contributed by atoms with E-state index in [1.165, 1.54) is 6.42 Å². The lowest BCUT2D eigenvalue weighted by molar-refractivity contribution is 0.554. The lowest BCUT2D eigenvalue weighted by Gasteiger charge is -2.02. The molecule has 0 saturated carbocycles. The second kappa shape index (κ2) is 5.44. The molecular formula is C9H14. The fourth-order valence-electron chi connectivity index (χ4n) is 0.706. The predicted octanol–water partition coefficient (Wildman–Crippen LogP) is 2.61. The maximum atomic E-state index is 5.13. The Hall–Kier alpha value is -0.700. The van der Waals surface area contributed by atoms with Gasteiger partial charge in [-0.3, -0.25) is 0 Å². The van der Waals surface area contributed by atoms with E-state index in [9.17, 15) is 0 Å². The number of rotatable bonds is 4. The predicted molar refractivity (Wildman–Crippen MR) is 42.0 cm³/mol. The summed E-state index contributed by atoms with van der Waals surface area (Å²) in [7, 11) is 0. The average Bonchev–Trinajstić information content (AvgIpc) is 1.85. The van der Waals surface area contributed by atoms with Crippen LogP contribution in [-0.4, -0.2) is 0 Å². The van der Waals surface area contributed by atoms with Crippen molar-refractivity contribution in [2.75, 3.05) is 0 Å². The van der Waals surface area contributed by atoms with E-state index in [2.05, 4.69) is 19.4 Å². The maximum Gasteiger partial charge on any atom is 0.0112 e. The summed E-state index contributed by atoms with van der Waals surface area (Å²) in [6.07, 6.45) is 10.2. The van der Waals surface area contributed by atoms with Crippen LogP contribution >= 0.6 is 0 Å². The van der Waals surface area contributed by atoms with Gasteiger partial charge in [0.05, 0.1) is 0 Å². The van der Waals surface area contributed by atoms with Crippen molar-refractivity contribution in [1.82, 2.24) is 0 Å². The highest BCUT2D eigenvalue weighted by atomic mass is 14.0. The summed E-state index contributed by atoms with van der Waals surface area (Å²) in [6, 6.07) is 0. The van der Waals surface area contributed by atoms with E-state index in [4.69, 9.17) is 6.42 Å². The minimum atomic E-state index is 0.660. The van der Waals surface area contributed by atoms with Crippen molar-refractivity contribution >= 4 is 0 Å². The van der Waals surface area contributed by atoms with Gasteiger partial charge >= 0.3 is 0 Å². The number of terminal acetylenes is 1. The fourth-order valence-corrected chi connectivity index (χ4v) is 0.706. The topological polar surface area (TPSA) is 0 Å². The highest BCUT2D eigenvalue weighted by Crippen LogP contribution is 2.08. The van der Waals surface area contributed by atoms with E-state index in [0.717, 1.165) is 12.8 Å².